The third-order valence-electron chi connectivity index (χ3n) is 5.23. The van der Waals surface area contributed by atoms with E-state index in [2.05, 4.69) is 15.5 Å². The van der Waals surface area contributed by atoms with Crippen LogP contribution in [0.25, 0.3) is 0 Å². The predicted molar refractivity (Wildman–Crippen MR) is 120 cm³/mol. The minimum Gasteiger partial charge on any atom is -0.497 e. The van der Waals surface area contributed by atoms with Crippen LogP contribution in [0.4, 0.5) is 17.3 Å². The van der Waals surface area contributed by atoms with Gasteiger partial charge in [0.1, 0.15) is 5.75 Å². The average Bonchev–Trinajstić information content (AvgIpc) is 2.81. The fraction of sp³-hybridized carbons (Fsp3) is 0.273. The lowest BCUT2D eigenvalue weighted by molar-refractivity contribution is 0.383. The largest absolute Gasteiger partial charge is 0.497 e. The first-order valence-corrected chi connectivity index (χ1v) is 11.5. The maximum Gasteiger partial charge on any atom is 0.243 e. The van der Waals surface area contributed by atoms with Crippen LogP contribution in [0.5, 0.6) is 5.75 Å². The molecule has 3 aromatic rings. The quantitative estimate of drug-likeness (QED) is 0.632. The lowest BCUT2D eigenvalue weighted by atomic mass is 10.2. The molecule has 0 bridgehead atoms. The van der Waals surface area contributed by atoms with E-state index in [0.29, 0.717) is 37.7 Å². The second-order valence-corrected chi connectivity index (χ2v) is 9.27. The Hall–Kier alpha value is -3.17. The molecule has 8 nitrogen and oxygen atoms in total. The number of aromatic nitrogens is 2. The summed E-state index contributed by atoms with van der Waals surface area (Å²) in [5, 5.41) is 11.8. The summed E-state index contributed by atoms with van der Waals surface area (Å²) >= 11 is 0. The number of rotatable bonds is 6. The number of methoxy groups -OCH3 is 1. The van der Waals surface area contributed by atoms with E-state index in [0.717, 1.165) is 11.5 Å². The van der Waals surface area contributed by atoms with Gasteiger partial charge in [0, 0.05) is 31.9 Å². The molecule has 0 spiro atoms. The molecule has 31 heavy (non-hydrogen) atoms. The van der Waals surface area contributed by atoms with Crippen LogP contribution < -0.4 is 15.0 Å². The molecular formula is C22H25N5O3S. The summed E-state index contributed by atoms with van der Waals surface area (Å²) in [6.45, 7) is 3.92. The first kappa shape index (κ1) is 21.1. The normalized spacial score (nSPS) is 15.0. The molecule has 1 aromatic heterocycles. The van der Waals surface area contributed by atoms with Crippen molar-refractivity contribution in [1.29, 1.82) is 0 Å². The number of nitrogens with one attached hydrogen (secondary N) is 1. The van der Waals surface area contributed by atoms with E-state index >= 15 is 0 Å². The van der Waals surface area contributed by atoms with Gasteiger partial charge in [-0.1, -0.05) is 17.7 Å². The monoisotopic (exact) mass is 439 g/mol. The van der Waals surface area contributed by atoms with Gasteiger partial charge < -0.3 is 15.0 Å². The Bertz CT molecular complexity index is 1110. The molecule has 0 atom stereocenters. The van der Waals surface area contributed by atoms with E-state index in [1.807, 2.05) is 48.2 Å². The standard InChI is InChI=1S/C22H25N5O3S/c1-17-3-5-18(6-4-17)23-21-11-12-22(25-24-21)26-13-15-27(16-14-26)31(28,29)20-9-7-19(30-2)8-10-20/h3-12H,13-16H2,1-2H3,(H,23,24). The molecule has 162 valence electrons. The molecule has 2 heterocycles. The Labute approximate surface area is 182 Å². The van der Waals surface area contributed by atoms with Gasteiger partial charge in [0.2, 0.25) is 10.0 Å². The molecule has 0 radical (unpaired) electrons. The summed E-state index contributed by atoms with van der Waals surface area (Å²) < 4.78 is 32.4. The van der Waals surface area contributed by atoms with Crippen molar-refractivity contribution in [1.82, 2.24) is 14.5 Å². The predicted octanol–water partition coefficient (Wildman–Crippen LogP) is 3.05. The van der Waals surface area contributed by atoms with Crippen molar-refractivity contribution < 1.29 is 13.2 Å². The molecule has 1 aliphatic heterocycles. The van der Waals surface area contributed by atoms with Crippen LogP contribution in [-0.4, -0.2) is 56.2 Å². The van der Waals surface area contributed by atoms with Crippen molar-refractivity contribution in [3.05, 3.63) is 66.2 Å². The van der Waals surface area contributed by atoms with Gasteiger partial charge in [-0.05, 0) is 55.5 Å². The number of benzene rings is 2. The number of sulfonamides is 1. The van der Waals surface area contributed by atoms with Crippen LogP contribution in [0.1, 0.15) is 5.56 Å². The number of piperazine rings is 1. The Kier molecular flexibility index (Phi) is 6.06. The van der Waals surface area contributed by atoms with Crippen molar-refractivity contribution in [2.24, 2.45) is 0 Å². The third-order valence-corrected chi connectivity index (χ3v) is 7.15. The van der Waals surface area contributed by atoms with Gasteiger partial charge in [-0.2, -0.15) is 4.31 Å². The maximum atomic E-state index is 12.9. The molecule has 1 fully saturated rings. The fourth-order valence-electron chi connectivity index (χ4n) is 3.40. The molecule has 0 saturated carbocycles. The number of ether oxygens (including phenoxy) is 1. The molecular weight excluding hydrogens is 414 g/mol. The Morgan fingerprint density at radius 3 is 2.13 bits per heavy atom. The lowest BCUT2D eigenvalue weighted by Gasteiger charge is -2.34. The Balaban J connectivity index is 1.37. The molecule has 0 aliphatic carbocycles. The highest BCUT2D eigenvalue weighted by atomic mass is 32.2. The lowest BCUT2D eigenvalue weighted by Crippen LogP contribution is -2.48. The summed E-state index contributed by atoms with van der Waals surface area (Å²) in [5.41, 5.74) is 2.14. The Morgan fingerprint density at radius 2 is 1.55 bits per heavy atom. The fourth-order valence-corrected chi connectivity index (χ4v) is 4.82. The van der Waals surface area contributed by atoms with Gasteiger partial charge in [-0.15, -0.1) is 10.2 Å². The second-order valence-electron chi connectivity index (χ2n) is 7.33. The summed E-state index contributed by atoms with van der Waals surface area (Å²) in [7, 11) is -1.98. The number of hydrogen-bond donors (Lipinski definition) is 1. The molecule has 2 aromatic carbocycles. The highest BCUT2D eigenvalue weighted by molar-refractivity contribution is 7.89. The van der Waals surface area contributed by atoms with Crippen molar-refractivity contribution >= 4 is 27.3 Å². The molecule has 1 saturated heterocycles. The first-order valence-electron chi connectivity index (χ1n) is 10.0. The number of nitrogens with zero attached hydrogens (tertiary/aromatic N) is 4. The van der Waals surface area contributed by atoms with Gasteiger partial charge >= 0.3 is 0 Å². The third kappa shape index (κ3) is 4.78. The number of anilines is 3. The van der Waals surface area contributed by atoms with Gasteiger partial charge in [0.25, 0.3) is 0 Å². The molecule has 4 rings (SSSR count). The van der Waals surface area contributed by atoms with E-state index in [4.69, 9.17) is 4.74 Å². The SMILES string of the molecule is COc1ccc(S(=O)(=O)N2CCN(c3ccc(Nc4ccc(C)cc4)nn3)CC2)cc1. The molecule has 1 aliphatic rings. The van der Waals surface area contributed by atoms with Crippen molar-refractivity contribution in [3.63, 3.8) is 0 Å². The summed E-state index contributed by atoms with van der Waals surface area (Å²) in [5.74, 6) is 2.02. The zero-order valence-corrected chi connectivity index (χ0v) is 18.3. The van der Waals surface area contributed by atoms with Crippen molar-refractivity contribution in [2.75, 3.05) is 43.5 Å². The molecule has 0 amide bonds. The zero-order chi connectivity index (χ0) is 21.8. The van der Waals surface area contributed by atoms with E-state index in [1.165, 1.54) is 9.87 Å². The van der Waals surface area contributed by atoms with E-state index in [-0.39, 0.29) is 4.90 Å². The van der Waals surface area contributed by atoms with Gasteiger partial charge in [-0.3, -0.25) is 0 Å². The average molecular weight is 440 g/mol. The molecule has 9 heteroatoms. The first-order chi connectivity index (χ1) is 15.0. The molecule has 1 N–H and O–H groups in total. The van der Waals surface area contributed by atoms with Crippen LogP contribution in [0.2, 0.25) is 0 Å². The smallest absolute Gasteiger partial charge is 0.243 e. The van der Waals surface area contributed by atoms with Crippen molar-refractivity contribution in [2.45, 2.75) is 11.8 Å². The Morgan fingerprint density at radius 1 is 0.871 bits per heavy atom. The number of hydrogen-bond acceptors (Lipinski definition) is 7. The zero-order valence-electron chi connectivity index (χ0n) is 17.5. The van der Waals surface area contributed by atoms with Crippen LogP contribution in [0.3, 0.4) is 0 Å². The van der Waals surface area contributed by atoms with Crippen LogP contribution in [0, 0.1) is 6.92 Å². The van der Waals surface area contributed by atoms with E-state index in [9.17, 15) is 8.42 Å². The molecule has 0 unspecified atom stereocenters. The van der Waals surface area contributed by atoms with Gasteiger partial charge in [-0.25, -0.2) is 8.42 Å². The summed E-state index contributed by atoms with van der Waals surface area (Å²) in [6, 6.07) is 18.3. The van der Waals surface area contributed by atoms with Crippen LogP contribution >= 0.6 is 0 Å². The summed E-state index contributed by atoms with van der Waals surface area (Å²) in [6.07, 6.45) is 0. The van der Waals surface area contributed by atoms with E-state index in [1.54, 1.807) is 31.4 Å². The highest BCUT2D eigenvalue weighted by Crippen LogP contribution is 2.23. The van der Waals surface area contributed by atoms with Crippen molar-refractivity contribution in [3.8, 4) is 5.75 Å². The van der Waals surface area contributed by atoms with Gasteiger partial charge in [0.15, 0.2) is 11.6 Å². The minimum absolute atomic E-state index is 0.271. The van der Waals surface area contributed by atoms with Crippen LogP contribution in [0.15, 0.2) is 65.6 Å². The number of aryl methyl sites for hydroxylation is 1. The summed E-state index contributed by atoms with van der Waals surface area (Å²) in [4.78, 5) is 2.32. The van der Waals surface area contributed by atoms with Crippen LogP contribution in [-0.2, 0) is 10.0 Å². The maximum absolute atomic E-state index is 12.9. The second kappa shape index (κ2) is 8.91. The minimum atomic E-state index is -3.53. The van der Waals surface area contributed by atoms with E-state index < -0.39 is 10.0 Å². The van der Waals surface area contributed by atoms with Gasteiger partial charge in [0.05, 0.1) is 12.0 Å². The highest BCUT2D eigenvalue weighted by Gasteiger charge is 2.29. The topological polar surface area (TPSA) is 87.7 Å².